The van der Waals surface area contributed by atoms with Crippen LogP contribution in [0.5, 0.6) is 5.75 Å². The van der Waals surface area contributed by atoms with Crippen molar-refractivity contribution < 1.29 is 9.15 Å². The second-order valence-electron chi connectivity index (χ2n) is 2.52. The Hall–Kier alpha value is -1.57. The van der Waals surface area contributed by atoms with Gasteiger partial charge in [0.25, 0.3) is 0 Å². The van der Waals surface area contributed by atoms with Crippen molar-refractivity contribution in [1.29, 1.82) is 0 Å². The van der Waals surface area contributed by atoms with Gasteiger partial charge in [-0.15, -0.1) is 0 Å². The van der Waals surface area contributed by atoms with Gasteiger partial charge in [-0.1, -0.05) is 0 Å². The minimum Gasteiger partial charge on any atom is -0.497 e. The van der Waals surface area contributed by atoms with Crippen LogP contribution in [0.1, 0.15) is 0 Å². The van der Waals surface area contributed by atoms with Gasteiger partial charge in [-0.25, -0.2) is 4.42 Å². The molecule has 2 rings (SSSR count). The summed E-state index contributed by atoms with van der Waals surface area (Å²) in [6, 6.07) is 9.57. The van der Waals surface area contributed by atoms with E-state index >= 15 is 0 Å². The number of benzene rings is 1. The summed E-state index contributed by atoms with van der Waals surface area (Å²) in [6.07, 6.45) is 1.66. The van der Waals surface area contributed by atoms with E-state index in [-0.39, 0.29) is 0 Å². The Kier molecular flexibility index (Phi) is 1.67. The van der Waals surface area contributed by atoms with Gasteiger partial charge in [-0.3, -0.25) is 0 Å². The summed E-state index contributed by atoms with van der Waals surface area (Å²) >= 11 is 0. The summed E-state index contributed by atoms with van der Waals surface area (Å²) in [5.74, 6) is 0.851. The average Bonchev–Trinajstić information content (AvgIpc) is 2.17. The van der Waals surface area contributed by atoms with Crippen molar-refractivity contribution in [3.05, 3.63) is 36.6 Å². The molecule has 1 aromatic heterocycles. The Balaban J connectivity index is 2.67. The molecule has 1 heterocycles. The predicted octanol–water partition coefficient (Wildman–Crippen LogP) is 2.72. The van der Waals surface area contributed by atoms with Gasteiger partial charge in [-0.05, 0) is 18.2 Å². The molecule has 0 aliphatic heterocycles. The van der Waals surface area contributed by atoms with Crippen LogP contribution in [0.25, 0.3) is 11.0 Å². The summed E-state index contributed by atoms with van der Waals surface area (Å²) in [5.41, 5.74) is 0.873. The predicted molar refractivity (Wildman–Crippen MR) is 47.2 cm³/mol. The quantitative estimate of drug-likeness (QED) is 0.599. The standard InChI is InChI=1S/C10H9O2/c1-11-9-4-5-10-8(7-9)3-2-6-12-10/h2-7H,1H3/q+1. The van der Waals surface area contributed by atoms with Crippen molar-refractivity contribution in [2.75, 3.05) is 7.11 Å². The van der Waals surface area contributed by atoms with Gasteiger partial charge in [0.05, 0.1) is 12.5 Å². The topological polar surface area (TPSA) is 20.5 Å². The second-order valence-corrected chi connectivity index (χ2v) is 2.52. The zero-order chi connectivity index (χ0) is 8.39. The maximum atomic E-state index is 5.26. The molecule has 0 radical (unpaired) electrons. The van der Waals surface area contributed by atoms with E-state index in [1.54, 1.807) is 13.4 Å². The molecule has 0 saturated heterocycles. The number of rotatable bonds is 1. The summed E-state index contributed by atoms with van der Waals surface area (Å²) < 4.78 is 10.3. The molecule has 0 amide bonds. The van der Waals surface area contributed by atoms with Crippen LogP contribution >= 0.6 is 0 Å². The molecule has 0 saturated carbocycles. The van der Waals surface area contributed by atoms with Gasteiger partial charge in [0, 0.05) is 12.1 Å². The molecule has 0 atom stereocenters. The molecule has 12 heavy (non-hydrogen) atoms. The average molecular weight is 161 g/mol. The largest absolute Gasteiger partial charge is 0.497 e. The SMILES string of the molecule is COc1ccc2[o+]cccc2c1. The third kappa shape index (κ3) is 1.11. The number of hydrogen-bond acceptors (Lipinski definition) is 1. The van der Waals surface area contributed by atoms with Gasteiger partial charge in [0.2, 0.25) is 0 Å². The Morgan fingerprint density at radius 1 is 1.25 bits per heavy atom. The Morgan fingerprint density at radius 3 is 3.00 bits per heavy atom. The molecule has 1 aromatic carbocycles. The fourth-order valence-corrected chi connectivity index (χ4v) is 1.15. The summed E-state index contributed by atoms with van der Waals surface area (Å²) in [6.45, 7) is 0. The third-order valence-electron chi connectivity index (χ3n) is 1.77. The van der Waals surface area contributed by atoms with Crippen molar-refractivity contribution in [2.45, 2.75) is 0 Å². The van der Waals surface area contributed by atoms with Crippen molar-refractivity contribution in [2.24, 2.45) is 0 Å². The highest BCUT2D eigenvalue weighted by atomic mass is 16.5. The monoisotopic (exact) mass is 161 g/mol. The second kappa shape index (κ2) is 2.81. The first kappa shape index (κ1) is 7.10. The van der Waals surface area contributed by atoms with Crippen LogP contribution in [0.3, 0.4) is 0 Å². The normalized spacial score (nSPS) is 10.1. The van der Waals surface area contributed by atoms with E-state index in [2.05, 4.69) is 0 Å². The molecule has 2 nitrogen and oxygen atoms in total. The van der Waals surface area contributed by atoms with Crippen LogP contribution in [0.4, 0.5) is 0 Å². The van der Waals surface area contributed by atoms with E-state index in [0.29, 0.717) is 0 Å². The van der Waals surface area contributed by atoms with Crippen molar-refractivity contribution in [3.63, 3.8) is 0 Å². The first-order valence-electron chi connectivity index (χ1n) is 3.75. The molecule has 0 spiro atoms. The van der Waals surface area contributed by atoms with E-state index < -0.39 is 0 Å². The Bertz CT molecular complexity index is 396. The van der Waals surface area contributed by atoms with Gasteiger partial charge >= 0.3 is 11.8 Å². The van der Waals surface area contributed by atoms with Crippen molar-refractivity contribution in [1.82, 2.24) is 0 Å². The Morgan fingerprint density at radius 2 is 2.17 bits per heavy atom. The number of methoxy groups -OCH3 is 1. The molecule has 60 valence electrons. The van der Waals surface area contributed by atoms with Crippen LogP contribution in [-0.4, -0.2) is 7.11 Å². The summed E-state index contributed by atoms with van der Waals surface area (Å²) in [7, 11) is 1.65. The third-order valence-corrected chi connectivity index (χ3v) is 1.77. The van der Waals surface area contributed by atoms with Gasteiger partial charge < -0.3 is 4.74 Å². The van der Waals surface area contributed by atoms with Crippen LogP contribution < -0.4 is 4.74 Å². The van der Waals surface area contributed by atoms with Gasteiger partial charge in [0.15, 0.2) is 0 Å². The summed E-state index contributed by atoms with van der Waals surface area (Å²) in [4.78, 5) is 0. The minimum absolute atomic E-state index is 0.851. The minimum atomic E-state index is 0.851. The molecule has 0 unspecified atom stereocenters. The fraction of sp³-hybridized carbons (Fsp3) is 0.100. The molecule has 0 aliphatic carbocycles. The number of fused-ring (bicyclic) bond motifs is 1. The molecule has 2 aromatic rings. The van der Waals surface area contributed by atoms with Crippen LogP contribution in [0, 0.1) is 0 Å². The molecule has 0 N–H and O–H groups in total. The first-order chi connectivity index (χ1) is 5.90. The maximum Gasteiger partial charge on any atom is 0.360 e. The van der Waals surface area contributed by atoms with E-state index in [9.17, 15) is 0 Å². The van der Waals surface area contributed by atoms with Crippen LogP contribution in [0.15, 0.2) is 41.0 Å². The maximum absolute atomic E-state index is 5.26. The molecule has 0 bridgehead atoms. The van der Waals surface area contributed by atoms with E-state index in [1.165, 1.54) is 0 Å². The van der Waals surface area contributed by atoms with E-state index in [4.69, 9.17) is 9.15 Å². The first-order valence-corrected chi connectivity index (χ1v) is 3.75. The van der Waals surface area contributed by atoms with Gasteiger partial charge in [-0.2, -0.15) is 0 Å². The van der Waals surface area contributed by atoms with Crippen LogP contribution in [-0.2, 0) is 0 Å². The molecule has 0 fully saturated rings. The molecular formula is C10H9O2+. The van der Waals surface area contributed by atoms with Gasteiger partial charge in [0.1, 0.15) is 5.75 Å². The Labute approximate surface area is 70.4 Å². The fourth-order valence-electron chi connectivity index (χ4n) is 1.15. The smallest absolute Gasteiger partial charge is 0.360 e. The highest BCUT2D eigenvalue weighted by Crippen LogP contribution is 2.19. The molecule has 0 aliphatic rings. The zero-order valence-corrected chi connectivity index (χ0v) is 6.78. The van der Waals surface area contributed by atoms with E-state index in [0.717, 1.165) is 16.7 Å². The highest BCUT2D eigenvalue weighted by Gasteiger charge is 2.03. The lowest BCUT2D eigenvalue weighted by molar-refractivity contribution is 0.415. The van der Waals surface area contributed by atoms with E-state index in [1.807, 2.05) is 30.3 Å². The van der Waals surface area contributed by atoms with Crippen molar-refractivity contribution in [3.8, 4) is 5.75 Å². The molecule has 2 heteroatoms. The number of hydrogen-bond donors (Lipinski definition) is 0. The lowest BCUT2D eigenvalue weighted by atomic mass is 10.2. The molecular weight excluding hydrogens is 152 g/mol. The summed E-state index contributed by atoms with van der Waals surface area (Å²) in [5, 5.41) is 1.05. The lowest BCUT2D eigenvalue weighted by Crippen LogP contribution is -1.81. The highest BCUT2D eigenvalue weighted by molar-refractivity contribution is 5.77. The van der Waals surface area contributed by atoms with Crippen molar-refractivity contribution >= 4 is 11.0 Å². The van der Waals surface area contributed by atoms with Crippen LogP contribution in [0.2, 0.25) is 0 Å². The lowest BCUT2D eigenvalue weighted by Gasteiger charge is -1.95. The number of ether oxygens (including phenoxy) is 1. The zero-order valence-electron chi connectivity index (χ0n) is 6.78.